The fourth-order valence-corrected chi connectivity index (χ4v) is 7.72. The lowest BCUT2D eigenvalue weighted by Gasteiger charge is -2.29. The Morgan fingerprint density at radius 2 is 1.85 bits per heavy atom. The lowest BCUT2D eigenvalue weighted by molar-refractivity contribution is 0.0690. The summed E-state index contributed by atoms with van der Waals surface area (Å²) in [5, 5.41) is 14.1. The number of para-hydroxylation sites is 1. The van der Waals surface area contributed by atoms with Crippen LogP contribution in [-0.2, 0) is 19.4 Å². The number of pyridine rings is 1. The van der Waals surface area contributed by atoms with Crippen LogP contribution in [0.1, 0.15) is 48.8 Å². The summed E-state index contributed by atoms with van der Waals surface area (Å²) in [4.78, 5) is 41.8. The van der Waals surface area contributed by atoms with Gasteiger partial charge in [-0.05, 0) is 85.0 Å². The van der Waals surface area contributed by atoms with Crippen molar-refractivity contribution in [1.82, 2.24) is 15.0 Å². The van der Waals surface area contributed by atoms with Crippen LogP contribution in [0, 0.1) is 12.3 Å². The highest BCUT2D eigenvalue weighted by molar-refractivity contribution is 7.22. The number of carboxylic acid groups (broad SMARTS) is 1. The zero-order valence-electron chi connectivity index (χ0n) is 25.7. The van der Waals surface area contributed by atoms with Crippen LogP contribution >= 0.6 is 22.7 Å². The molecule has 0 aliphatic carbocycles. The van der Waals surface area contributed by atoms with Gasteiger partial charge in [0.2, 0.25) is 0 Å². The topological polar surface area (TPSA) is 118 Å². The number of hydrogen-bond acceptors (Lipinski definition) is 9. The molecule has 1 aliphatic heterocycles. The van der Waals surface area contributed by atoms with E-state index in [0.29, 0.717) is 65.4 Å². The van der Waals surface area contributed by atoms with Gasteiger partial charge >= 0.3 is 5.97 Å². The van der Waals surface area contributed by atoms with E-state index in [1.165, 1.54) is 22.7 Å². The first kappa shape index (κ1) is 31.1. The van der Waals surface area contributed by atoms with E-state index in [1.807, 2.05) is 78.9 Å². The molecule has 0 unspecified atom stereocenters. The van der Waals surface area contributed by atoms with Crippen molar-refractivity contribution in [3.63, 3.8) is 0 Å². The number of aryl methyl sites for hydroxylation is 1. The Bertz CT molecular complexity index is 2150. The number of hydrogen-bond donors (Lipinski definition) is 2. The predicted molar refractivity (Wildman–Crippen MR) is 189 cm³/mol. The molecule has 7 rings (SSSR count). The van der Waals surface area contributed by atoms with E-state index in [1.54, 1.807) is 6.20 Å². The maximum absolute atomic E-state index is 13.4. The molecular formula is C37H29N5O4S2. The summed E-state index contributed by atoms with van der Waals surface area (Å²) in [6, 6.07) is 24.8. The fourth-order valence-electron chi connectivity index (χ4n) is 5.74. The second kappa shape index (κ2) is 13.7. The molecule has 0 spiro atoms. The number of carbonyl (C=O) groups is 2. The fraction of sp³-hybridized carbons (Fsp3) is 0.162. The lowest BCUT2D eigenvalue weighted by atomic mass is 9.94. The summed E-state index contributed by atoms with van der Waals surface area (Å²) in [5.41, 5.74) is 5.86. The van der Waals surface area contributed by atoms with Gasteiger partial charge in [-0.2, -0.15) is 0 Å². The minimum absolute atomic E-state index is 0.0618. The van der Waals surface area contributed by atoms with E-state index >= 15 is 0 Å². The zero-order valence-corrected chi connectivity index (χ0v) is 27.3. The van der Waals surface area contributed by atoms with Gasteiger partial charge in [0, 0.05) is 35.3 Å². The number of fused-ring (bicyclic) bond motifs is 2. The number of benzene rings is 3. The Hall–Kier alpha value is -5.57. The Morgan fingerprint density at radius 3 is 2.67 bits per heavy atom. The SMILES string of the molecule is C#Cc1cccnc1-c1ccc(OCCCc2sc(N3CCc4cccc(C(=O)Nc5nc6ccccc6s5)c4C3)nc2C(=O)O)cc1. The molecule has 0 fully saturated rings. The van der Waals surface area contributed by atoms with Gasteiger partial charge in [-0.15, -0.1) is 17.8 Å². The number of ether oxygens (including phenoxy) is 1. The molecule has 48 heavy (non-hydrogen) atoms. The van der Waals surface area contributed by atoms with E-state index in [2.05, 4.69) is 31.1 Å². The molecule has 3 aromatic heterocycles. The second-order valence-corrected chi connectivity index (χ2v) is 13.2. The molecule has 3 aromatic carbocycles. The maximum Gasteiger partial charge on any atom is 0.355 e. The number of anilines is 2. The van der Waals surface area contributed by atoms with Gasteiger partial charge < -0.3 is 14.7 Å². The average Bonchev–Trinajstić information content (AvgIpc) is 3.74. The summed E-state index contributed by atoms with van der Waals surface area (Å²) in [5.74, 6) is 2.09. The highest BCUT2D eigenvalue weighted by Crippen LogP contribution is 2.33. The number of carbonyl (C=O) groups excluding carboxylic acids is 1. The molecule has 0 atom stereocenters. The van der Waals surface area contributed by atoms with Crippen molar-refractivity contribution in [2.75, 3.05) is 23.4 Å². The molecule has 0 bridgehead atoms. The van der Waals surface area contributed by atoms with Crippen LogP contribution in [0.15, 0.2) is 85.1 Å². The van der Waals surface area contributed by atoms with Gasteiger partial charge in [0.1, 0.15) is 5.75 Å². The second-order valence-electron chi connectivity index (χ2n) is 11.1. The van der Waals surface area contributed by atoms with Gasteiger partial charge in [-0.3, -0.25) is 15.1 Å². The summed E-state index contributed by atoms with van der Waals surface area (Å²) in [7, 11) is 0. The standard InChI is InChI=1S/C37H29N5O4S2/c1-2-23-9-6-19-38-32(23)25-14-16-26(17-15-25)46-21-7-13-31-33(35(44)45)40-37(48-31)42-20-18-24-8-5-10-27(28(24)22-42)34(43)41-36-39-29-11-3-4-12-30(29)47-36/h1,3-6,8-12,14-17,19H,7,13,18,20-22H2,(H,44,45)(H,39,41,43). The first-order valence-corrected chi connectivity index (χ1v) is 17.0. The highest BCUT2D eigenvalue weighted by atomic mass is 32.1. The van der Waals surface area contributed by atoms with E-state index in [-0.39, 0.29) is 11.6 Å². The van der Waals surface area contributed by atoms with Crippen molar-refractivity contribution < 1.29 is 19.4 Å². The number of rotatable bonds is 10. The highest BCUT2D eigenvalue weighted by Gasteiger charge is 2.26. The molecule has 1 aliphatic rings. The molecule has 11 heteroatoms. The summed E-state index contributed by atoms with van der Waals surface area (Å²) in [6.45, 7) is 1.53. The van der Waals surface area contributed by atoms with Crippen LogP contribution in [0.3, 0.4) is 0 Å². The molecule has 2 N–H and O–H groups in total. The van der Waals surface area contributed by atoms with Gasteiger partial charge in [0.15, 0.2) is 16.0 Å². The van der Waals surface area contributed by atoms with Gasteiger partial charge in [-0.1, -0.05) is 41.5 Å². The Balaban J connectivity index is 1.00. The van der Waals surface area contributed by atoms with Crippen LogP contribution in [0.5, 0.6) is 5.75 Å². The molecule has 0 saturated carbocycles. The number of thiazole rings is 2. The number of aromatic nitrogens is 3. The summed E-state index contributed by atoms with van der Waals surface area (Å²) >= 11 is 2.82. The maximum atomic E-state index is 13.4. The van der Waals surface area contributed by atoms with E-state index in [0.717, 1.165) is 38.2 Å². The molecule has 9 nitrogen and oxygen atoms in total. The van der Waals surface area contributed by atoms with Crippen LogP contribution in [-0.4, -0.2) is 45.1 Å². The molecule has 0 saturated heterocycles. The van der Waals surface area contributed by atoms with Crippen molar-refractivity contribution in [3.05, 3.63) is 118 Å². The lowest BCUT2D eigenvalue weighted by Crippen LogP contribution is -2.32. The number of carboxylic acids is 1. The first-order chi connectivity index (χ1) is 23.5. The minimum atomic E-state index is -1.06. The normalized spacial score (nSPS) is 12.4. The molecule has 0 radical (unpaired) electrons. The third kappa shape index (κ3) is 6.49. The zero-order chi connectivity index (χ0) is 33.0. The number of nitrogens with zero attached hydrogens (tertiary/aromatic N) is 4. The van der Waals surface area contributed by atoms with Crippen molar-refractivity contribution in [2.24, 2.45) is 0 Å². The third-order valence-electron chi connectivity index (χ3n) is 8.10. The van der Waals surface area contributed by atoms with Gasteiger partial charge in [0.05, 0.1) is 28.1 Å². The van der Waals surface area contributed by atoms with Crippen LogP contribution < -0.4 is 15.0 Å². The smallest absolute Gasteiger partial charge is 0.355 e. The van der Waals surface area contributed by atoms with Crippen molar-refractivity contribution >= 4 is 55.0 Å². The monoisotopic (exact) mass is 671 g/mol. The number of aromatic carboxylic acids is 1. The molecule has 6 aromatic rings. The minimum Gasteiger partial charge on any atom is -0.494 e. The summed E-state index contributed by atoms with van der Waals surface area (Å²) in [6.07, 6.45) is 9.17. The Labute approximate surface area is 284 Å². The number of terminal acetylenes is 1. The average molecular weight is 672 g/mol. The van der Waals surface area contributed by atoms with E-state index in [9.17, 15) is 14.7 Å². The van der Waals surface area contributed by atoms with Crippen molar-refractivity contribution in [1.29, 1.82) is 0 Å². The van der Waals surface area contributed by atoms with Crippen LogP contribution in [0.25, 0.3) is 21.5 Å². The van der Waals surface area contributed by atoms with Gasteiger partial charge in [0.25, 0.3) is 5.91 Å². The molecule has 1 amide bonds. The summed E-state index contributed by atoms with van der Waals surface area (Å²) < 4.78 is 6.96. The Kier molecular flexibility index (Phi) is 8.83. The molecular weight excluding hydrogens is 643 g/mol. The molecule has 238 valence electrons. The third-order valence-corrected chi connectivity index (χ3v) is 10.2. The number of amides is 1. The van der Waals surface area contributed by atoms with Gasteiger partial charge in [-0.25, -0.2) is 14.8 Å². The van der Waals surface area contributed by atoms with Crippen molar-refractivity contribution in [3.8, 4) is 29.4 Å². The van der Waals surface area contributed by atoms with Crippen LogP contribution in [0.4, 0.5) is 10.3 Å². The number of nitrogens with one attached hydrogen (secondary N) is 1. The molecule has 4 heterocycles. The van der Waals surface area contributed by atoms with Crippen LogP contribution in [0.2, 0.25) is 0 Å². The van der Waals surface area contributed by atoms with Crippen molar-refractivity contribution in [2.45, 2.75) is 25.8 Å². The quantitative estimate of drug-likeness (QED) is 0.115. The van der Waals surface area contributed by atoms with E-state index < -0.39 is 5.97 Å². The largest absolute Gasteiger partial charge is 0.494 e. The first-order valence-electron chi connectivity index (χ1n) is 15.4. The Morgan fingerprint density at radius 1 is 1.00 bits per heavy atom. The van der Waals surface area contributed by atoms with E-state index in [4.69, 9.17) is 11.2 Å². The predicted octanol–water partition coefficient (Wildman–Crippen LogP) is 7.32.